The van der Waals surface area contributed by atoms with E-state index in [0.717, 1.165) is 19.3 Å². The maximum atomic E-state index is 11.3. The molecule has 0 fully saturated rings. The number of rotatable bonds is 8. The first kappa shape index (κ1) is 17.5. The first-order valence-corrected chi connectivity index (χ1v) is 7.94. The molecule has 2 rings (SSSR count). The molecule has 2 N–H and O–H groups in total. The van der Waals surface area contributed by atoms with Crippen LogP contribution in [0.3, 0.4) is 0 Å². The van der Waals surface area contributed by atoms with Crippen LogP contribution in [0, 0.1) is 0 Å². The van der Waals surface area contributed by atoms with Crippen LogP contribution in [0.2, 0.25) is 0 Å². The molecule has 24 heavy (non-hydrogen) atoms. The number of aliphatic hydroxyl groups is 1. The zero-order valence-corrected chi connectivity index (χ0v) is 13.4. The van der Waals surface area contributed by atoms with Gasteiger partial charge in [0.1, 0.15) is 11.3 Å². The summed E-state index contributed by atoms with van der Waals surface area (Å²) in [6.07, 6.45) is 4.07. The fourth-order valence-electron chi connectivity index (χ4n) is 2.30. The molecule has 0 saturated heterocycles. The maximum Gasteiger partial charge on any atom is 0.341 e. The first-order chi connectivity index (χ1) is 11.7. The van der Waals surface area contributed by atoms with E-state index in [1.54, 1.807) is 30.3 Å². The lowest BCUT2D eigenvalue weighted by atomic mass is 10.1. The van der Waals surface area contributed by atoms with E-state index in [4.69, 9.17) is 0 Å². The van der Waals surface area contributed by atoms with Crippen LogP contribution in [0.4, 0.5) is 0 Å². The molecule has 0 aromatic heterocycles. The lowest BCUT2D eigenvalue weighted by Gasteiger charge is -2.03. The average molecular weight is 323 g/mol. The Labute approximate surface area is 141 Å². The second kappa shape index (κ2) is 9.30. The zero-order valence-electron chi connectivity index (χ0n) is 13.4. The minimum atomic E-state index is -1.19. The van der Waals surface area contributed by atoms with Crippen LogP contribution in [0.5, 0.6) is 0 Å². The normalized spacial score (nSPS) is 12.2. The molecule has 0 atom stereocenters. The number of carboxylic acids is 1. The quantitative estimate of drug-likeness (QED) is 0.332. The minimum absolute atomic E-state index is 0.191. The Bertz CT molecular complexity index is 706. The summed E-state index contributed by atoms with van der Waals surface area (Å²) >= 11 is 0. The van der Waals surface area contributed by atoms with E-state index in [2.05, 4.69) is 17.1 Å². The van der Waals surface area contributed by atoms with Gasteiger partial charge >= 0.3 is 5.97 Å². The molecule has 0 saturated carbocycles. The molecule has 0 heterocycles. The largest absolute Gasteiger partial charge is 0.506 e. The van der Waals surface area contributed by atoms with E-state index in [1.807, 2.05) is 18.2 Å². The highest BCUT2D eigenvalue weighted by atomic mass is 16.4. The summed E-state index contributed by atoms with van der Waals surface area (Å²) in [4.78, 5) is 15.5. The number of unbranched alkanes of at least 4 members (excludes halogenated alkanes) is 1. The Morgan fingerprint density at radius 3 is 2.17 bits per heavy atom. The predicted molar refractivity (Wildman–Crippen MR) is 96.4 cm³/mol. The number of nitrogens with zero attached hydrogens (tertiary/aromatic N) is 1. The Hall–Kier alpha value is -2.88. The topological polar surface area (TPSA) is 69.9 Å². The van der Waals surface area contributed by atoms with Gasteiger partial charge in [-0.2, -0.15) is 0 Å². The number of carbonyl (C=O) groups is 1. The van der Waals surface area contributed by atoms with Gasteiger partial charge in [-0.25, -0.2) is 4.79 Å². The molecule has 0 spiro atoms. The number of aryl methyl sites for hydroxylation is 1. The number of benzene rings is 2. The molecule has 2 aromatic carbocycles. The second-order valence-electron chi connectivity index (χ2n) is 5.41. The maximum absolute atomic E-state index is 11.3. The van der Waals surface area contributed by atoms with Gasteiger partial charge in [0, 0.05) is 18.3 Å². The summed E-state index contributed by atoms with van der Waals surface area (Å²) in [6.45, 7) is 0.533. The smallest absolute Gasteiger partial charge is 0.341 e. The number of aliphatic hydroxyl groups excluding tert-OH is 1. The third-order valence-corrected chi connectivity index (χ3v) is 3.60. The number of aliphatic imine (C=N–C) groups is 1. The van der Waals surface area contributed by atoms with Crippen molar-refractivity contribution >= 4 is 17.9 Å². The molecule has 0 aliphatic heterocycles. The molecule has 0 unspecified atom stereocenters. The highest BCUT2D eigenvalue weighted by molar-refractivity contribution is 6.14. The van der Waals surface area contributed by atoms with Gasteiger partial charge in [0.2, 0.25) is 0 Å². The van der Waals surface area contributed by atoms with E-state index >= 15 is 0 Å². The van der Waals surface area contributed by atoms with Crippen LogP contribution in [-0.4, -0.2) is 28.9 Å². The summed E-state index contributed by atoms with van der Waals surface area (Å²) in [5.74, 6) is -1.46. The average Bonchev–Trinajstić information content (AvgIpc) is 2.62. The molecule has 124 valence electrons. The third kappa shape index (κ3) is 5.39. The Kier molecular flexibility index (Phi) is 6.77. The van der Waals surface area contributed by atoms with Crippen LogP contribution < -0.4 is 0 Å². The van der Waals surface area contributed by atoms with Gasteiger partial charge < -0.3 is 10.2 Å². The molecular weight excluding hydrogens is 302 g/mol. The number of hydrogen-bond donors (Lipinski definition) is 2. The second-order valence-corrected chi connectivity index (χ2v) is 5.41. The Morgan fingerprint density at radius 2 is 1.54 bits per heavy atom. The van der Waals surface area contributed by atoms with Gasteiger partial charge in [-0.1, -0.05) is 60.7 Å². The van der Waals surface area contributed by atoms with Gasteiger partial charge in [-0.05, 0) is 24.8 Å². The van der Waals surface area contributed by atoms with Crippen LogP contribution in [0.15, 0.2) is 71.2 Å². The fraction of sp³-hybridized carbons (Fsp3) is 0.200. The molecule has 0 amide bonds. The number of carboxylic acid groups (broad SMARTS) is 1. The monoisotopic (exact) mass is 323 g/mol. The van der Waals surface area contributed by atoms with Crippen molar-refractivity contribution in [3.8, 4) is 0 Å². The number of hydrogen-bond acceptors (Lipinski definition) is 3. The summed E-state index contributed by atoms with van der Waals surface area (Å²) < 4.78 is 0. The minimum Gasteiger partial charge on any atom is -0.506 e. The number of aliphatic carboxylic acids is 1. The van der Waals surface area contributed by atoms with E-state index < -0.39 is 5.97 Å². The van der Waals surface area contributed by atoms with Crippen molar-refractivity contribution in [2.75, 3.05) is 6.54 Å². The van der Waals surface area contributed by atoms with Crippen LogP contribution in [0.1, 0.15) is 24.0 Å². The predicted octanol–water partition coefficient (Wildman–Crippen LogP) is 4.13. The molecular formula is C20H21NO3. The first-order valence-electron chi connectivity index (χ1n) is 7.94. The Balaban J connectivity index is 1.89. The molecule has 0 aliphatic carbocycles. The van der Waals surface area contributed by atoms with E-state index in [1.165, 1.54) is 11.8 Å². The van der Waals surface area contributed by atoms with Gasteiger partial charge in [0.05, 0.1) is 0 Å². The third-order valence-electron chi connectivity index (χ3n) is 3.60. The lowest BCUT2D eigenvalue weighted by molar-refractivity contribution is -0.132. The fourth-order valence-corrected chi connectivity index (χ4v) is 2.30. The van der Waals surface area contributed by atoms with Crippen molar-refractivity contribution in [3.05, 3.63) is 77.4 Å². The van der Waals surface area contributed by atoms with E-state index in [0.29, 0.717) is 12.1 Å². The molecule has 0 radical (unpaired) electrons. The lowest BCUT2D eigenvalue weighted by Crippen LogP contribution is -2.06. The van der Waals surface area contributed by atoms with Crippen molar-refractivity contribution in [1.29, 1.82) is 0 Å². The molecule has 4 heteroatoms. The van der Waals surface area contributed by atoms with Crippen molar-refractivity contribution in [1.82, 2.24) is 0 Å². The summed E-state index contributed by atoms with van der Waals surface area (Å²) in [6, 6.07) is 18.8. The van der Waals surface area contributed by atoms with Crippen molar-refractivity contribution < 1.29 is 15.0 Å². The zero-order chi connectivity index (χ0) is 17.2. The highest BCUT2D eigenvalue weighted by Gasteiger charge is 2.13. The molecule has 0 aliphatic rings. The van der Waals surface area contributed by atoms with Crippen LogP contribution >= 0.6 is 0 Å². The van der Waals surface area contributed by atoms with E-state index in [-0.39, 0.29) is 11.3 Å². The van der Waals surface area contributed by atoms with Crippen LogP contribution in [0.25, 0.3) is 5.76 Å². The van der Waals surface area contributed by atoms with E-state index in [9.17, 15) is 15.0 Å². The van der Waals surface area contributed by atoms with Gasteiger partial charge in [-0.3, -0.25) is 4.99 Å². The Morgan fingerprint density at radius 1 is 0.917 bits per heavy atom. The molecule has 2 aromatic rings. The highest BCUT2D eigenvalue weighted by Crippen LogP contribution is 2.15. The summed E-state index contributed by atoms with van der Waals surface area (Å²) in [5.41, 5.74) is 1.56. The molecule has 0 bridgehead atoms. The molecule has 4 nitrogen and oxygen atoms in total. The van der Waals surface area contributed by atoms with Crippen molar-refractivity contribution in [2.45, 2.75) is 19.3 Å². The SMILES string of the molecule is O=C(O)C(C=NCCCCc1ccccc1)=C(O)c1ccccc1. The van der Waals surface area contributed by atoms with Gasteiger partial charge in [0.25, 0.3) is 0 Å². The van der Waals surface area contributed by atoms with Crippen molar-refractivity contribution in [3.63, 3.8) is 0 Å². The summed E-state index contributed by atoms with van der Waals surface area (Å²) in [7, 11) is 0. The standard InChI is InChI=1S/C20H21NO3/c22-19(17-12-5-2-6-13-17)18(20(23)24)15-21-14-8-7-11-16-9-3-1-4-10-16/h1-6,9-10,12-13,15,22H,7-8,11,14H2,(H,23,24). The van der Waals surface area contributed by atoms with Gasteiger partial charge in [-0.15, -0.1) is 0 Å². The van der Waals surface area contributed by atoms with Crippen LogP contribution in [-0.2, 0) is 11.2 Å². The summed E-state index contributed by atoms with van der Waals surface area (Å²) in [5, 5.41) is 19.4. The van der Waals surface area contributed by atoms with Gasteiger partial charge in [0.15, 0.2) is 0 Å². The van der Waals surface area contributed by atoms with Crippen molar-refractivity contribution in [2.24, 2.45) is 4.99 Å².